The van der Waals surface area contributed by atoms with Gasteiger partial charge in [-0.3, -0.25) is 4.99 Å². The van der Waals surface area contributed by atoms with Gasteiger partial charge in [-0.05, 0) is 30.3 Å². The van der Waals surface area contributed by atoms with Crippen LogP contribution in [0.1, 0.15) is 0 Å². The lowest BCUT2D eigenvalue weighted by atomic mass is 10.1. The van der Waals surface area contributed by atoms with Gasteiger partial charge >= 0.3 is 0 Å². The molecule has 1 aliphatic carbocycles. The Labute approximate surface area is 111 Å². The Balaban J connectivity index is 2.31. The molecule has 1 aromatic carbocycles. The molecule has 1 heterocycles. The molecule has 0 unspecified atom stereocenters. The summed E-state index contributed by atoms with van der Waals surface area (Å²) in [6.07, 6.45) is 0. The number of aliphatic hydroxyl groups excluding tert-OH is 1. The average Bonchev–Trinajstić information content (AvgIpc) is 2.46. The highest BCUT2D eigenvalue weighted by Gasteiger charge is 2.08. The van der Waals surface area contributed by atoms with Gasteiger partial charge in [0, 0.05) is 7.05 Å². The number of hydrogen-bond donors (Lipinski definition) is 1. The first-order valence-corrected chi connectivity index (χ1v) is 6.26. The summed E-state index contributed by atoms with van der Waals surface area (Å²) in [5, 5.41) is 9.70. The lowest BCUT2D eigenvalue weighted by Gasteiger charge is -2.14. The van der Waals surface area contributed by atoms with E-state index in [0.717, 1.165) is 27.8 Å². The van der Waals surface area contributed by atoms with Crippen molar-refractivity contribution in [2.24, 2.45) is 12.0 Å². The van der Waals surface area contributed by atoms with Crippen molar-refractivity contribution in [1.29, 1.82) is 0 Å². The summed E-state index contributed by atoms with van der Waals surface area (Å²) in [7, 11) is 2.03. The van der Waals surface area contributed by atoms with Crippen molar-refractivity contribution < 1.29 is 5.11 Å². The monoisotopic (exact) mass is 253 g/mol. The van der Waals surface area contributed by atoms with Crippen LogP contribution in [-0.4, -0.2) is 27.8 Å². The fraction of sp³-hybridized carbons (Fsp3) is 0.200. The maximum Gasteiger partial charge on any atom is 0.0876 e. The molecule has 1 N–H and O–H groups in total. The molecular weight excluding hydrogens is 238 g/mol. The Morgan fingerprint density at radius 1 is 1.21 bits per heavy atom. The van der Waals surface area contributed by atoms with Crippen LogP contribution in [0.3, 0.4) is 0 Å². The molecule has 0 saturated heterocycles. The van der Waals surface area contributed by atoms with Crippen LogP contribution in [0.4, 0.5) is 0 Å². The number of fused-ring (bicyclic) bond motifs is 2. The van der Waals surface area contributed by atoms with Crippen LogP contribution >= 0.6 is 0 Å². The largest absolute Gasteiger partial charge is 0.394 e. The van der Waals surface area contributed by atoms with Gasteiger partial charge in [0.05, 0.1) is 40.9 Å². The van der Waals surface area contributed by atoms with E-state index in [9.17, 15) is 0 Å². The molecule has 1 aliphatic heterocycles. The summed E-state index contributed by atoms with van der Waals surface area (Å²) in [6, 6.07) is 14.0. The minimum absolute atomic E-state index is 0.0696. The fourth-order valence-corrected chi connectivity index (χ4v) is 2.25. The highest BCUT2D eigenvalue weighted by atomic mass is 16.3. The van der Waals surface area contributed by atoms with E-state index in [2.05, 4.69) is 20.6 Å². The van der Waals surface area contributed by atoms with Gasteiger partial charge in [0.25, 0.3) is 0 Å². The van der Waals surface area contributed by atoms with Gasteiger partial charge in [0.2, 0.25) is 0 Å². The molecule has 0 saturated carbocycles. The highest BCUT2D eigenvalue weighted by Crippen LogP contribution is 2.22. The van der Waals surface area contributed by atoms with Gasteiger partial charge in [-0.25, -0.2) is 4.98 Å². The highest BCUT2D eigenvalue weighted by molar-refractivity contribution is 5.80. The molecule has 1 aromatic rings. The van der Waals surface area contributed by atoms with Crippen LogP contribution in [0.2, 0.25) is 0 Å². The van der Waals surface area contributed by atoms with Crippen LogP contribution in [0, 0.1) is 0 Å². The fourth-order valence-electron chi connectivity index (χ4n) is 2.25. The Morgan fingerprint density at radius 2 is 2.05 bits per heavy atom. The number of aryl methyl sites for hydroxylation is 1. The molecule has 0 atom stereocenters. The van der Waals surface area contributed by atoms with Crippen molar-refractivity contribution in [2.75, 3.05) is 13.2 Å². The molecule has 0 bridgehead atoms. The van der Waals surface area contributed by atoms with Crippen molar-refractivity contribution >= 4 is 11.0 Å². The lowest BCUT2D eigenvalue weighted by molar-refractivity contribution is 0.305. The van der Waals surface area contributed by atoms with E-state index in [1.807, 2.05) is 43.4 Å². The molecule has 0 amide bonds. The number of aromatic nitrogens is 2. The maximum atomic E-state index is 8.83. The zero-order valence-electron chi connectivity index (χ0n) is 10.7. The quantitative estimate of drug-likeness (QED) is 0.705. The summed E-state index contributed by atoms with van der Waals surface area (Å²) in [6.45, 7) is 0.496. The minimum Gasteiger partial charge on any atom is -0.394 e. The van der Waals surface area contributed by atoms with Gasteiger partial charge in [0.15, 0.2) is 0 Å². The standard InChI is InChI=1S/C15H15N3O/c1-18-14-5-3-2-4-12(14)17-13-7-6-11(10-15(13)18)16-8-9-19/h2-7,10,19H,8-9H2,1H3. The van der Waals surface area contributed by atoms with Crippen molar-refractivity contribution in [2.45, 2.75) is 0 Å². The van der Waals surface area contributed by atoms with E-state index in [4.69, 9.17) is 5.11 Å². The molecule has 0 aromatic heterocycles. The number of para-hydroxylation sites is 2. The molecule has 3 rings (SSSR count). The predicted octanol–water partition coefficient (Wildman–Crippen LogP) is 1.57. The Hall–Kier alpha value is -2.20. The molecular formula is C15H15N3O. The molecule has 96 valence electrons. The second kappa shape index (κ2) is 4.82. The van der Waals surface area contributed by atoms with E-state index >= 15 is 0 Å². The van der Waals surface area contributed by atoms with E-state index < -0.39 is 0 Å². The van der Waals surface area contributed by atoms with Gasteiger partial charge in [-0.2, -0.15) is 0 Å². The molecule has 0 fully saturated rings. The smallest absolute Gasteiger partial charge is 0.0876 e. The van der Waals surface area contributed by atoms with E-state index in [1.165, 1.54) is 0 Å². The Bertz CT molecular complexity index is 761. The van der Waals surface area contributed by atoms with Crippen LogP contribution < -0.4 is 5.36 Å². The average molecular weight is 253 g/mol. The van der Waals surface area contributed by atoms with Gasteiger partial charge in [-0.1, -0.05) is 12.1 Å². The SMILES string of the molecule is Cn1c2cc(=NCCO)ccc-2nc2ccccc21. The normalized spacial score (nSPS) is 12.4. The molecule has 4 nitrogen and oxygen atoms in total. The summed E-state index contributed by atoms with van der Waals surface area (Å²) in [4.78, 5) is 8.95. The third kappa shape index (κ3) is 2.11. The van der Waals surface area contributed by atoms with Crippen LogP contribution in [0.5, 0.6) is 0 Å². The zero-order chi connectivity index (χ0) is 13.2. The first kappa shape index (κ1) is 11.9. The third-order valence-electron chi connectivity index (χ3n) is 3.20. The van der Waals surface area contributed by atoms with Crippen molar-refractivity contribution in [3.05, 3.63) is 47.8 Å². The number of hydrogen-bond acceptors (Lipinski definition) is 3. The first-order chi connectivity index (χ1) is 9.29. The molecule has 0 radical (unpaired) electrons. The molecule has 4 heteroatoms. The van der Waals surface area contributed by atoms with Crippen LogP contribution in [0.25, 0.3) is 22.4 Å². The van der Waals surface area contributed by atoms with Gasteiger partial charge in [0.1, 0.15) is 0 Å². The van der Waals surface area contributed by atoms with E-state index in [1.54, 1.807) is 0 Å². The number of aliphatic hydroxyl groups is 1. The molecule has 19 heavy (non-hydrogen) atoms. The van der Waals surface area contributed by atoms with Crippen molar-refractivity contribution in [1.82, 2.24) is 9.55 Å². The lowest BCUT2D eigenvalue weighted by Crippen LogP contribution is -2.10. The summed E-state index contributed by atoms with van der Waals surface area (Å²) < 4.78 is 2.12. The predicted molar refractivity (Wildman–Crippen MR) is 74.9 cm³/mol. The summed E-state index contributed by atoms with van der Waals surface area (Å²) in [5.74, 6) is 0. The van der Waals surface area contributed by atoms with Gasteiger partial charge in [-0.15, -0.1) is 0 Å². The zero-order valence-corrected chi connectivity index (χ0v) is 10.7. The van der Waals surface area contributed by atoms with E-state index in [0.29, 0.717) is 6.54 Å². The van der Waals surface area contributed by atoms with Crippen molar-refractivity contribution in [3.8, 4) is 11.4 Å². The number of benzene rings is 2. The molecule has 2 aliphatic rings. The molecule has 0 spiro atoms. The second-order valence-electron chi connectivity index (χ2n) is 4.44. The minimum atomic E-state index is 0.0696. The third-order valence-corrected chi connectivity index (χ3v) is 3.20. The number of rotatable bonds is 2. The first-order valence-electron chi connectivity index (χ1n) is 6.26. The topological polar surface area (TPSA) is 50.4 Å². The van der Waals surface area contributed by atoms with Crippen LogP contribution in [-0.2, 0) is 7.05 Å². The number of nitrogens with zero attached hydrogens (tertiary/aromatic N) is 3. The summed E-state index contributed by atoms with van der Waals surface area (Å²) >= 11 is 0. The Kier molecular flexibility index (Phi) is 3.01. The van der Waals surface area contributed by atoms with Crippen LogP contribution in [0.15, 0.2) is 47.5 Å². The van der Waals surface area contributed by atoms with Gasteiger partial charge < -0.3 is 9.67 Å². The van der Waals surface area contributed by atoms with E-state index in [-0.39, 0.29) is 6.61 Å². The maximum absolute atomic E-state index is 8.83. The van der Waals surface area contributed by atoms with Crippen molar-refractivity contribution in [3.63, 3.8) is 0 Å². The Morgan fingerprint density at radius 3 is 2.89 bits per heavy atom. The second-order valence-corrected chi connectivity index (χ2v) is 4.44. The summed E-state index contributed by atoms with van der Waals surface area (Å²) in [5.41, 5.74) is 4.06.